The number of fused-ring (bicyclic) bond motifs is 1. The minimum Gasteiger partial charge on any atom is -0.490 e. The first-order chi connectivity index (χ1) is 9.24. The predicted molar refractivity (Wildman–Crippen MR) is 70.2 cm³/mol. The summed E-state index contributed by atoms with van der Waals surface area (Å²) in [5.41, 5.74) is 0.558. The van der Waals surface area contributed by atoms with Gasteiger partial charge in [0, 0.05) is 6.42 Å². The fourth-order valence-electron chi connectivity index (χ4n) is 2.55. The third-order valence-electron chi connectivity index (χ3n) is 3.91. The van der Waals surface area contributed by atoms with Crippen molar-refractivity contribution < 1.29 is 14.3 Å². The highest BCUT2D eigenvalue weighted by molar-refractivity contribution is 6.04. The number of ketones is 1. The Morgan fingerprint density at radius 3 is 2.84 bits per heavy atom. The van der Waals surface area contributed by atoms with Crippen molar-refractivity contribution in [2.24, 2.45) is 5.92 Å². The van der Waals surface area contributed by atoms with Crippen LogP contribution in [0, 0.1) is 5.92 Å². The van der Waals surface area contributed by atoms with Gasteiger partial charge in [0.2, 0.25) is 5.91 Å². The van der Waals surface area contributed by atoms with Crippen LogP contribution in [0.5, 0.6) is 5.75 Å². The van der Waals surface area contributed by atoms with Crippen LogP contribution in [0.15, 0.2) is 24.3 Å². The van der Waals surface area contributed by atoms with E-state index in [0.717, 1.165) is 12.8 Å². The zero-order chi connectivity index (χ0) is 13.2. The van der Waals surface area contributed by atoms with Gasteiger partial charge in [0.25, 0.3) is 0 Å². The fraction of sp³-hybridized carbons (Fsp3) is 0.467. The quantitative estimate of drug-likeness (QED) is 0.902. The van der Waals surface area contributed by atoms with Gasteiger partial charge in [-0.3, -0.25) is 9.59 Å². The Hall–Kier alpha value is -1.84. The van der Waals surface area contributed by atoms with Crippen LogP contribution in [0.3, 0.4) is 0 Å². The largest absolute Gasteiger partial charge is 0.490 e. The maximum Gasteiger partial charge on any atom is 0.220 e. The molecule has 1 heterocycles. The minimum atomic E-state index is -0.539. The topological polar surface area (TPSA) is 55.4 Å². The van der Waals surface area contributed by atoms with Crippen molar-refractivity contribution in [3.63, 3.8) is 0 Å². The molecule has 1 N–H and O–H groups in total. The van der Waals surface area contributed by atoms with Crippen LogP contribution in [0.2, 0.25) is 0 Å². The summed E-state index contributed by atoms with van der Waals surface area (Å²) in [6.07, 6.45) is 4.01. The van der Waals surface area contributed by atoms with Gasteiger partial charge in [-0.1, -0.05) is 18.6 Å². The van der Waals surface area contributed by atoms with Gasteiger partial charge < -0.3 is 10.1 Å². The number of Topliss-reactive ketones (excluding diaryl/α,β-unsaturated/α-hetero) is 1. The van der Waals surface area contributed by atoms with Gasteiger partial charge in [-0.15, -0.1) is 0 Å². The lowest BCUT2D eigenvalue weighted by molar-refractivity contribution is -0.123. The summed E-state index contributed by atoms with van der Waals surface area (Å²) in [7, 11) is 0. The lowest BCUT2D eigenvalue weighted by atomic mass is 9.83. The maximum atomic E-state index is 12.2. The predicted octanol–water partition coefficient (Wildman–Crippen LogP) is 1.94. The van der Waals surface area contributed by atoms with Gasteiger partial charge in [0.15, 0.2) is 5.78 Å². The number of hydrogen-bond acceptors (Lipinski definition) is 3. The monoisotopic (exact) mass is 259 g/mol. The van der Waals surface area contributed by atoms with E-state index in [-0.39, 0.29) is 18.3 Å². The van der Waals surface area contributed by atoms with E-state index in [4.69, 9.17) is 4.74 Å². The van der Waals surface area contributed by atoms with Crippen LogP contribution in [-0.4, -0.2) is 24.3 Å². The van der Waals surface area contributed by atoms with Gasteiger partial charge in [-0.05, 0) is 30.9 Å². The summed E-state index contributed by atoms with van der Waals surface area (Å²) in [6, 6.07) is 6.62. The molecule has 1 atom stereocenters. The first kappa shape index (κ1) is 12.2. The Morgan fingerprint density at radius 2 is 2.11 bits per heavy atom. The third kappa shape index (κ3) is 2.48. The molecule has 2 aliphatic rings. The molecule has 0 saturated heterocycles. The molecule has 1 aliphatic carbocycles. The highest BCUT2D eigenvalue weighted by Crippen LogP contribution is 2.29. The van der Waals surface area contributed by atoms with Crippen LogP contribution in [0.1, 0.15) is 36.0 Å². The number of nitrogens with one attached hydrogen (secondary N) is 1. The number of benzene rings is 1. The number of carbonyl (C=O) groups excluding carboxylic acids is 2. The van der Waals surface area contributed by atoms with E-state index in [9.17, 15) is 9.59 Å². The molecule has 1 aromatic rings. The molecule has 4 nitrogen and oxygen atoms in total. The smallest absolute Gasteiger partial charge is 0.220 e. The molecule has 1 amide bonds. The van der Waals surface area contributed by atoms with Gasteiger partial charge in [-0.25, -0.2) is 0 Å². The summed E-state index contributed by atoms with van der Waals surface area (Å²) in [5.74, 6) is 1.03. The number of carbonyl (C=O) groups is 2. The summed E-state index contributed by atoms with van der Waals surface area (Å²) in [4.78, 5) is 24.1. The number of amides is 1. The first-order valence-electron chi connectivity index (χ1n) is 6.79. The lowest BCUT2D eigenvalue weighted by Crippen LogP contribution is -2.47. The van der Waals surface area contributed by atoms with Crippen LogP contribution in [0.25, 0.3) is 0 Å². The Labute approximate surface area is 112 Å². The molecule has 1 fully saturated rings. The van der Waals surface area contributed by atoms with Crippen molar-refractivity contribution in [1.82, 2.24) is 5.32 Å². The van der Waals surface area contributed by atoms with Gasteiger partial charge >= 0.3 is 0 Å². The second-order valence-corrected chi connectivity index (χ2v) is 5.29. The van der Waals surface area contributed by atoms with E-state index < -0.39 is 6.04 Å². The number of para-hydroxylation sites is 1. The highest BCUT2D eigenvalue weighted by atomic mass is 16.5. The van der Waals surface area contributed by atoms with Crippen LogP contribution in [-0.2, 0) is 4.79 Å². The van der Waals surface area contributed by atoms with E-state index in [1.54, 1.807) is 18.2 Å². The molecule has 0 unspecified atom stereocenters. The number of ether oxygens (including phenoxy) is 1. The fourth-order valence-corrected chi connectivity index (χ4v) is 2.55. The van der Waals surface area contributed by atoms with Crippen LogP contribution in [0.4, 0.5) is 0 Å². The van der Waals surface area contributed by atoms with Crippen molar-refractivity contribution >= 4 is 11.7 Å². The molecule has 0 spiro atoms. The van der Waals surface area contributed by atoms with E-state index in [1.165, 1.54) is 6.42 Å². The minimum absolute atomic E-state index is 0.0361. The standard InChI is InChI=1S/C15H17NO3/c17-14(8-10-4-3-5-10)16-12-9-19-13-7-2-1-6-11(13)15(12)18/h1-2,6-7,10,12H,3-5,8-9H2,(H,16,17)/t12-/m0/s1. The van der Waals surface area contributed by atoms with Crippen LogP contribution >= 0.6 is 0 Å². The molecule has 0 radical (unpaired) electrons. The van der Waals surface area contributed by atoms with Crippen LogP contribution < -0.4 is 10.1 Å². The summed E-state index contributed by atoms with van der Waals surface area (Å²) < 4.78 is 5.52. The molecule has 1 saturated carbocycles. The Kier molecular flexibility index (Phi) is 3.23. The summed E-state index contributed by atoms with van der Waals surface area (Å²) >= 11 is 0. The zero-order valence-corrected chi connectivity index (χ0v) is 10.7. The maximum absolute atomic E-state index is 12.2. The van der Waals surface area contributed by atoms with E-state index >= 15 is 0 Å². The van der Waals surface area contributed by atoms with Gasteiger partial charge in [-0.2, -0.15) is 0 Å². The van der Waals surface area contributed by atoms with Crippen molar-refractivity contribution in [2.75, 3.05) is 6.61 Å². The van der Waals surface area contributed by atoms with Crippen molar-refractivity contribution in [3.8, 4) is 5.75 Å². The Bertz CT molecular complexity index is 508. The van der Waals surface area contributed by atoms with E-state index in [1.807, 2.05) is 6.07 Å². The zero-order valence-electron chi connectivity index (χ0n) is 10.7. The number of rotatable bonds is 3. The lowest BCUT2D eigenvalue weighted by Gasteiger charge is -2.27. The molecule has 100 valence electrons. The van der Waals surface area contributed by atoms with E-state index in [0.29, 0.717) is 23.7 Å². The molecular weight excluding hydrogens is 242 g/mol. The SMILES string of the molecule is O=C(CC1CCC1)N[C@H]1COc2ccccc2C1=O. The summed E-state index contributed by atoms with van der Waals surface area (Å²) in [6.45, 7) is 0.228. The molecule has 19 heavy (non-hydrogen) atoms. The highest BCUT2D eigenvalue weighted by Gasteiger charge is 2.30. The molecule has 1 aliphatic heterocycles. The molecule has 1 aromatic carbocycles. The normalized spacial score (nSPS) is 22.1. The molecule has 0 bridgehead atoms. The Balaban J connectivity index is 1.63. The van der Waals surface area contributed by atoms with E-state index in [2.05, 4.69) is 5.32 Å². The molecular formula is C15H17NO3. The van der Waals surface area contributed by atoms with Crippen molar-refractivity contribution in [3.05, 3.63) is 29.8 Å². The summed E-state index contributed by atoms with van der Waals surface area (Å²) in [5, 5.41) is 2.80. The number of hydrogen-bond donors (Lipinski definition) is 1. The third-order valence-corrected chi connectivity index (χ3v) is 3.91. The van der Waals surface area contributed by atoms with Gasteiger partial charge in [0.1, 0.15) is 18.4 Å². The molecule has 0 aromatic heterocycles. The second kappa shape index (κ2) is 5.03. The Morgan fingerprint density at radius 1 is 1.32 bits per heavy atom. The second-order valence-electron chi connectivity index (χ2n) is 5.29. The van der Waals surface area contributed by atoms with Gasteiger partial charge in [0.05, 0.1) is 5.56 Å². The average molecular weight is 259 g/mol. The van der Waals surface area contributed by atoms with Crippen molar-refractivity contribution in [1.29, 1.82) is 0 Å². The first-order valence-corrected chi connectivity index (χ1v) is 6.79. The molecule has 4 heteroatoms. The molecule has 3 rings (SSSR count). The average Bonchev–Trinajstić information content (AvgIpc) is 2.38. The van der Waals surface area contributed by atoms with Crippen molar-refractivity contribution in [2.45, 2.75) is 31.7 Å².